The van der Waals surface area contributed by atoms with Crippen LogP contribution in [0.4, 0.5) is 18.9 Å². The first-order valence-electron chi connectivity index (χ1n) is 9.38. The first kappa shape index (κ1) is 20.7. The standard InChI is InChI=1S/C20H19ClF3N3O3/c21-11-17(28)25-15-9-13(8-14(10-15)20(22,23)24)18(29)27-6-5-26-4-1-2-16(26)19(27)3-7-30-12-19/h1-2,4,8-10H,3,5-7,11-12H2,(H,25,28). The topological polar surface area (TPSA) is 63.6 Å². The molecular formula is C20H19ClF3N3O3. The van der Waals surface area contributed by atoms with Crippen molar-refractivity contribution >= 4 is 29.1 Å². The van der Waals surface area contributed by atoms with Crippen LogP contribution < -0.4 is 5.32 Å². The average molecular weight is 442 g/mol. The van der Waals surface area contributed by atoms with Crippen LogP contribution in [-0.4, -0.2) is 46.9 Å². The molecule has 1 unspecified atom stereocenters. The molecule has 1 saturated heterocycles. The van der Waals surface area contributed by atoms with Gasteiger partial charge >= 0.3 is 6.18 Å². The maximum atomic E-state index is 13.4. The van der Waals surface area contributed by atoms with Gasteiger partial charge in [0.2, 0.25) is 5.91 Å². The maximum Gasteiger partial charge on any atom is 0.416 e. The molecule has 1 fully saturated rings. The predicted octanol–water partition coefficient (Wildman–Crippen LogP) is 3.46. The Kier molecular flexibility index (Phi) is 5.27. The number of alkyl halides is 4. The molecule has 1 aromatic heterocycles. The number of anilines is 1. The molecule has 160 valence electrons. The van der Waals surface area contributed by atoms with Gasteiger partial charge in [0, 0.05) is 49.3 Å². The molecule has 2 amide bonds. The van der Waals surface area contributed by atoms with E-state index in [-0.39, 0.29) is 17.9 Å². The molecule has 2 aliphatic rings. The smallest absolute Gasteiger partial charge is 0.378 e. The molecule has 4 rings (SSSR count). The van der Waals surface area contributed by atoms with Crippen LogP contribution in [0.1, 0.15) is 28.0 Å². The van der Waals surface area contributed by atoms with E-state index in [9.17, 15) is 22.8 Å². The third-order valence-electron chi connectivity index (χ3n) is 5.55. The lowest BCUT2D eigenvalue weighted by Gasteiger charge is -2.44. The predicted molar refractivity (Wildman–Crippen MR) is 103 cm³/mol. The number of nitrogens with zero attached hydrogens (tertiary/aromatic N) is 2. The lowest BCUT2D eigenvalue weighted by molar-refractivity contribution is -0.137. The van der Waals surface area contributed by atoms with Gasteiger partial charge in [-0.2, -0.15) is 13.2 Å². The molecule has 30 heavy (non-hydrogen) atoms. The number of ether oxygens (including phenoxy) is 1. The van der Waals surface area contributed by atoms with E-state index >= 15 is 0 Å². The van der Waals surface area contributed by atoms with Gasteiger partial charge in [-0.25, -0.2) is 0 Å². The third kappa shape index (κ3) is 3.56. The van der Waals surface area contributed by atoms with Crippen LogP contribution in [0.25, 0.3) is 0 Å². The molecule has 1 atom stereocenters. The van der Waals surface area contributed by atoms with Crippen LogP contribution in [-0.2, 0) is 27.8 Å². The molecule has 1 aromatic carbocycles. The Morgan fingerprint density at radius 3 is 2.70 bits per heavy atom. The number of rotatable bonds is 3. The fourth-order valence-corrected chi connectivity index (χ4v) is 4.26. The molecule has 6 nitrogen and oxygen atoms in total. The first-order valence-corrected chi connectivity index (χ1v) is 9.91. The summed E-state index contributed by atoms with van der Waals surface area (Å²) in [7, 11) is 0. The van der Waals surface area contributed by atoms with E-state index in [0.717, 1.165) is 17.8 Å². The Balaban J connectivity index is 1.75. The number of aromatic nitrogens is 1. The number of amides is 2. The van der Waals surface area contributed by atoms with E-state index in [0.29, 0.717) is 26.1 Å². The Morgan fingerprint density at radius 2 is 2.03 bits per heavy atom. The van der Waals surface area contributed by atoms with Gasteiger partial charge in [0.15, 0.2) is 0 Å². The zero-order valence-electron chi connectivity index (χ0n) is 15.8. The van der Waals surface area contributed by atoms with Crippen LogP contribution in [0.5, 0.6) is 0 Å². The number of halogens is 4. The monoisotopic (exact) mass is 441 g/mol. The normalized spacial score (nSPS) is 21.0. The zero-order chi connectivity index (χ0) is 21.5. The van der Waals surface area contributed by atoms with Gasteiger partial charge in [-0.1, -0.05) is 0 Å². The zero-order valence-corrected chi connectivity index (χ0v) is 16.6. The number of benzene rings is 1. The third-order valence-corrected chi connectivity index (χ3v) is 5.79. The van der Waals surface area contributed by atoms with Gasteiger partial charge in [0.05, 0.1) is 12.2 Å². The van der Waals surface area contributed by atoms with Crippen molar-refractivity contribution < 1.29 is 27.5 Å². The van der Waals surface area contributed by atoms with Crippen molar-refractivity contribution in [3.8, 4) is 0 Å². The summed E-state index contributed by atoms with van der Waals surface area (Å²) in [6.45, 7) is 1.60. The van der Waals surface area contributed by atoms with Crippen molar-refractivity contribution in [1.82, 2.24) is 9.47 Å². The molecule has 0 bridgehead atoms. The van der Waals surface area contributed by atoms with Gasteiger partial charge in [-0.3, -0.25) is 9.59 Å². The summed E-state index contributed by atoms with van der Waals surface area (Å²) in [5, 5.41) is 2.30. The van der Waals surface area contributed by atoms with Gasteiger partial charge in [-0.15, -0.1) is 11.6 Å². The molecule has 10 heteroatoms. The lowest BCUT2D eigenvalue weighted by Crippen LogP contribution is -2.55. The SMILES string of the molecule is O=C(CCl)Nc1cc(C(=O)N2CCn3cccc3C23CCOC3)cc(C(F)(F)F)c1. The highest BCUT2D eigenvalue weighted by atomic mass is 35.5. The molecule has 0 radical (unpaired) electrons. The fourth-order valence-electron chi connectivity index (χ4n) is 4.19. The van der Waals surface area contributed by atoms with Crippen molar-refractivity contribution in [2.75, 3.05) is 31.0 Å². The minimum absolute atomic E-state index is 0.129. The highest BCUT2D eigenvalue weighted by molar-refractivity contribution is 6.29. The first-order chi connectivity index (χ1) is 14.2. The Morgan fingerprint density at radius 1 is 1.23 bits per heavy atom. The summed E-state index contributed by atoms with van der Waals surface area (Å²) in [6.07, 6.45) is -2.21. The summed E-state index contributed by atoms with van der Waals surface area (Å²) < 4.78 is 47.9. The van der Waals surface area contributed by atoms with E-state index in [1.54, 1.807) is 4.90 Å². The van der Waals surface area contributed by atoms with Crippen molar-refractivity contribution in [1.29, 1.82) is 0 Å². The maximum absolute atomic E-state index is 13.4. The Labute approximate surface area is 175 Å². The quantitative estimate of drug-likeness (QED) is 0.742. The van der Waals surface area contributed by atoms with Crippen molar-refractivity contribution in [2.24, 2.45) is 0 Å². The number of hydrogen-bond acceptors (Lipinski definition) is 3. The largest absolute Gasteiger partial charge is 0.416 e. The number of hydrogen-bond donors (Lipinski definition) is 1. The van der Waals surface area contributed by atoms with E-state index in [2.05, 4.69) is 5.32 Å². The van der Waals surface area contributed by atoms with Gasteiger partial charge in [-0.05, 0) is 30.3 Å². The van der Waals surface area contributed by atoms with Crippen molar-refractivity contribution in [3.05, 3.63) is 53.3 Å². The number of carbonyl (C=O) groups is 2. The molecule has 1 spiro atoms. The number of nitrogens with one attached hydrogen (secondary N) is 1. The Hall–Kier alpha value is -2.52. The molecule has 2 aliphatic heterocycles. The minimum Gasteiger partial charge on any atom is -0.378 e. The average Bonchev–Trinajstić information content (AvgIpc) is 3.37. The molecule has 0 aliphatic carbocycles. The van der Waals surface area contributed by atoms with E-state index in [1.165, 1.54) is 6.07 Å². The van der Waals surface area contributed by atoms with Crippen molar-refractivity contribution in [3.63, 3.8) is 0 Å². The van der Waals surface area contributed by atoms with Gasteiger partial charge < -0.3 is 19.5 Å². The van der Waals surface area contributed by atoms with Crippen LogP contribution in [0.15, 0.2) is 36.5 Å². The molecular weight excluding hydrogens is 423 g/mol. The van der Waals surface area contributed by atoms with Crippen LogP contribution >= 0.6 is 11.6 Å². The molecule has 3 heterocycles. The highest BCUT2D eigenvalue weighted by Gasteiger charge is 2.48. The second-order valence-electron chi connectivity index (χ2n) is 7.36. The second-order valence-corrected chi connectivity index (χ2v) is 7.62. The van der Waals surface area contributed by atoms with Crippen molar-refractivity contribution in [2.45, 2.75) is 24.7 Å². The molecule has 0 saturated carbocycles. The Bertz CT molecular complexity index is 983. The van der Waals surface area contributed by atoms with Crippen LogP contribution in [0.2, 0.25) is 0 Å². The summed E-state index contributed by atoms with van der Waals surface area (Å²) in [6, 6.07) is 6.64. The van der Waals surface area contributed by atoms with E-state index < -0.39 is 35.0 Å². The number of fused-ring (bicyclic) bond motifs is 2. The summed E-state index contributed by atoms with van der Waals surface area (Å²) in [4.78, 5) is 26.6. The molecule has 1 N–H and O–H groups in total. The van der Waals surface area contributed by atoms with Crippen LogP contribution in [0.3, 0.4) is 0 Å². The van der Waals surface area contributed by atoms with E-state index in [1.807, 2.05) is 22.9 Å². The second kappa shape index (κ2) is 7.63. The van der Waals surface area contributed by atoms with Gasteiger partial charge in [0.25, 0.3) is 5.91 Å². The van der Waals surface area contributed by atoms with Gasteiger partial charge in [0.1, 0.15) is 11.4 Å². The van der Waals surface area contributed by atoms with Crippen LogP contribution in [0, 0.1) is 0 Å². The highest BCUT2D eigenvalue weighted by Crippen LogP contribution is 2.41. The lowest BCUT2D eigenvalue weighted by atomic mass is 9.89. The summed E-state index contributed by atoms with van der Waals surface area (Å²) >= 11 is 5.45. The summed E-state index contributed by atoms with van der Waals surface area (Å²) in [5.74, 6) is -1.62. The minimum atomic E-state index is -4.68. The summed E-state index contributed by atoms with van der Waals surface area (Å²) in [5.41, 5.74) is -1.12. The number of carbonyl (C=O) groups excluding carboxylic acids is 2. The molecule has 2 aromatic rings. The fraction of sp³-hybridized carbons (Fsp3) is 0.400. The van der Waals surface area contributed by atoms with E-state index in [4.69, 9.17) is 16.3 Å².